The molecule has 0 amide bonds. The lowest BCUT2D eigenvalue weighted by molar-refractivity contribution is 0.594. The van der Waals surface area contributed by atoms with Gasteiger partial charge in [-0.15, -0.1) is 11.3 Å². The molecule has 0 saturated heterocycles. The highest BCUT2D eigenvalue weighted by atomic mass is 32.2. The predicted molar refractivity (Wildman–Crippen MR) is 154 cm³/mol. The number of nitrogens with one attached hydrogen (secondary N) is 2. The third kappa shape index (κ3) is 6.48. The summed E-state index contributed by atoms with van der Waals surface area (Å²) in [5.41, 5.74) is 2.34. The Morgan fingerprint density at radius 1 is 0.846 bits per heavy atom. The van der Waals surface area contributed by atoms with E-state index in [1.807, 2.05) is 18.2 Å². The van der Waals surface area contributed by atoms with Gasteiger partial charge in [-0.1, -0.05) is 24.3 Å². The molecular formula is C27H25N5O4S3. The van der Waals surface area contributed by atoms with Crippen molar-refractivity contribution in [3.05, 3.63) is 90.2 Å². The van der Waals surface area contributed by atoms with Crippen LogP contribution in [-0.2, 0) is 26.2 Å². The number of nitrogens with zero attached hydrogens (tertiary/aromatic N) is 3. The maximum atomic E-state index is 12.9. The minimum Gasteiger partial charge on any atom is -0.340 e. The summed E-state index contributed by atoms with van der Waals surface area (Å²) in [5.74, 6) is 0.691. The molecule has 0 aliphatic rings. The highest BCUT2D eigenvalue weighted by Gasteiger charge is 2.17. The van der Waals surface area contributed by atoms with Crippen LogP contribution in [0, 0.1) is 0 Å². The summed E-state index contributed by atoms with van der Waals surface area (Å²) in [5, 5.41) is 8.03. The molecule has 2 heterocycles. The van der Waals surface area contributed by atoms with Gasteiger partial charge in [-0.25, -0.2) is 31.8 Å². The fourth-order valence-corrected chi connectivity index (χ4v) is 6.55. The summed E-state index contributed by atoms with van der Waals surface area (Å²) in [7, 11) is -6.59. The Hall–Kier alpha value is -3.71. The number of benzene rings is 3. The van der Waals surface area contributed by atoms with E-state index >= 15 is 0 Å². The van der Waals surface area contributed by atoms with Gasteiger partial charge in [0.2, 0.25) is 9.84 Å². The van der Waals surface area contributed by atoms with Crippen LogP contribution < -0.4 is 10.6 Å². The third-order valence-corrected chi connectivity index (χ3v) is 9.64. The molecule has 0 aliphatic heterocycles. The number of anilines is 2. The Balaban J connectivity index is 1.30. The number of rotatable bonds is 10. The first-order valence-electron chi connectivity index (χ1n) is 11.9. The van der Waals surface area contributed by atoms with Gasteiger partial charge in [0.1, 0.15) is 27.0 Å². The number of sulfone groups is 2. The van der Waals surface area contributed by atoms with Gasteiger partial charge in [-0.3, -0.25) is 0 Å². The molecule has 0 saturated carbocycles. The zero-order valence-corrected chi connectivity index (χ0v) is 23.4. The van der Waals surface area contributed by atoms with Crippen LogP contribution in [0.3, 0.4) is 0 Å². The van der Waals surface area contributed by atoms with Crippen molar-refractivity contribution in [3.8, 4) is 10.6 Å². The van der Waals surface area contributed by atoms with E-state index in [9.17, 15) is 16.8 Å². The monoisotopic (exact) mass is 579 g/mol. The molecule has 5 rings (SSSR count). The molecule has 9 nitrogen and oxygen atoms in total. The SMILES string of the molecule is CS(=O)(=O)CCNCc1cnc(-c2ccc3c(Nc4ccc(S(=O)(=O)c5ccccc5)cc4)ncnc3c2)s1. The standard InChI is InChI=1S/C27H25N5O4S3/c1-38(33,34)14-13-28-16-21-17-29-27(37-21)19-7-12-24-25(15-19)30-18-31-26(24)32-20-8-10-23(11-9-20)39(35,36)22-5-3-2-4-6-22/h2-12,15,17-18,28H,13-14,16H2,1H3,(H,30,31,32). The highest BCUT2D eigenvalue weighted by molar-refractivity contribution is 7.91. The van der Waals surface area contributed by atoms with E-state index in [1.54, 1.807) is 60.8 Å². The average molecular weight is 580 g/mol. The Morgan fingerprint density at radius 3 is 2.33 bits per heavy atom. The van der Waals surface area contributed by atoms with Crippen molar-refractivity contribution >= 4 is 53.4 Å². The van der Waals surface area contributed by atoms with Gasteiger partial charge in [0.05, 0.1) is 21.1 Å². The van der Waals surface area contributed by atoms with Gasteiger partial charge in [0, 0.05) is 47.1 Å². The molecule has 0 aliphatic carbocycles. The topological polar surface area (TPSA) is 131 Å². The summed E-state index contributed by atoms with van der Waals surface area (Å²) < 4.78 is 48.3. The minimum absolute atomic E-state index is 0.0936. The first-order chi connectivity index (χ1) is 18.7. The third-order valence-electron chi connectivity index (χ3n) is 5.87. The zero-order chi connectivity index (χ0) is 27.5. The molecule has 2 aromatic heterocycles. The molecule has 0 fully saturated rings. The van der Waals surface area contributed by atoms with Gasteiger partial charge >= 0.3 is 0 Å². The fraction of sp³-hybridized carbons (Fsp3) is 0.148. The maximum absolute atomic E-state index is 12.9. The van der Waals surface area contributed by atoms with Gasteiger partial charge in [0.15, 0.2) is 0 Å². The predicted octanol–water partition coefficient (Wildman–Crippen LogP) is 4.46. The molecule has 5 aromatic rings. The molecule has 12 heteroatoms. The second kappa shape index (κ2) is 11.2. The number of hydrogen-bond acceptors (Lipinski definition) is 10. The lowest BCUT2D eigenvalue weighted by Crippen LogP contribution is -2.21. The van der Waals surface area contributed by atoms with Crippen LogP contribution in [0.5, 0.6) is 0 Å². The van der Waals surface area contributed by atoms with Crippen LogP contribution in [0.25, 0.3) is 21.5 Å². The lowest BCUT2D eigenvalue weighted by atomic mass is 10.1. The van der Waals surface area contributed by atoms with Crippen LogP contribution in [-0.4, -0.2) is 50.3 Å². The minimum atomic E-state index is -3.59. The second-order valence-electron chi connectivity index (χ2n) is 8.86. The Labute approximate surface area is 230 Å². The molecule has 0 radical (unpaired) electrons. The quantitative estimate of drug-likeness (QED) is 0.230. The van der Waals surface area contributed by atoms with Crippen molar-refractivity contribution < 1.29 is 16.8 Å². The van der Waals surface area contributed by atoms with Gasteiger partial charge in [-0.05, 0) is 48.5 Å². The van der Waals surface area contributed by atoms with Crippen molar-refractivity contribution in [2.45, 2.75) is 16.3 Å². The van der Waals surface area contributed by atoms with Crippen LogP contribution in [0.15, 0.2) is 95.1 Å². The smallest absolute Gasteiger partial charge is 0.206 e. The number of fused-ring (bicyclic) bond motifs is 1. The largest absolute Gasteiger partial charge is 0.340 e. The van der Waals surface area contributed by atoms with E-state index in [2.05, 4.69) is 25.6 Å². The molecule has 0 atom stereocenters. The van der Waals surface area contributed by atoms with Crippen LogP contribution in [0.1, 0.15) is 4.88 Å². The summed E-state index contributed by atoms with van der Waals surface area (Å²) in [6.07, 6.45) is 4.48. The van der Waals surface area contributed by atoms with Crippen LogP contribution >= 0.6 is 11.3 Å². The molecule has 0 bridgehead atoms. The van der Waals surface area contributed by atoms with Crippen molar-refractivity contribution in [3.63, 3.8) is 0 Å². The average Bonchev–Trinajstić information content (AvgIpc) is 3.40. The molecule has 0 unspecified atom stereocenters. The first-order valence-corrected chi connectivity index (χ1v) is 16.3. The van der Waals surface area contributed by atoms with Gasteiger partial charge in [0.25, 0.3) is 0 Å². The second-order valence-corrected chi connectivity index (χ2v) is 14.2. The molecule has 200 valence electrons. The van der Waals surface area contributed by atoms with E-state index in [-0.39, 0.29) is 15.5 Å². The Kier molecular flexibility index (Phi) is 7.71. The van der Waals surface area contributed by atoms with E-state index in [1.165, 1.54) is 23.9 Å². The Morgan fingerprint density at radius 2 is 1.59 bits per heavy atom. The molecule has 0 spiro atoms. The summed E-state index contributed by atoms with van der Waals surface area (Å²) >= 11 is 1.53. The van der Waals surface area contributed by atoms with Crippen LogP contribution in [0.4, 0.5) is 11.5 Å². The number of thiazole rings is 1. The fourth-order valence-electron chi connectivity index (χ4n) is 3.87. The lowest BCUT2D eigenvalue weighted by Gasteiger charge is -2.10. The first kappa shape index (κ1) is 26.9. The van der Waals surface area contributed by atoms with E-state index < -0.39 is 19.7 Å². The Bertz CT molecular complexity index is 1820. The normalized spacial score (nSPS) is 12.0. The number of aromatic nitrogens is 3. The zero-order valence-electron chi connectivity index (χ0n) is 20.9. The van der Waals surface area contributed by atoms with E-state index in [4.69, 9.17) is 0 Å². The summed E-state index contributed by atoms with van der Waals surface area (Å²) in [6, 6.07) is 20.7. The van der Waals surface area contributed by atoms with E-state index in [0.29, 0.717) is 24.6 Å². The number of hydrogen-bond donors (Lipinski definition) is 2. The molecule has 39 heavy (non-hydrogen) atoms. The highest BCUT2D eigenvalue weighted by Crippen LogP contribution is 2.31. The molecule has 2 N–H and O–H groups in total. The summed E-state index contributed by atoms with van der Waals surface area (Å²) in [6.45, 7) is 0.933. The molecule has 3 aromatic carbocycles. The van der Waals surface area contributed by atoms with Crippen molar-refractivity contribution in [2.24, 2.45) is 0 Å². The van der Waals surface area contributed by atoms with Crippen molar-refractivity contribution in [1.82, 2.24) is 20.3 Å². The van der Waals surface area contributed by atoms with Crippen LogP contribution in [0.2, 0.25) is 0 Å². The van der Waals surface area contributed by atoms with Crippen molar-refractivity contribution in [1.29, 1.82) is 0 Å². The molecular weight excluding hydrogens is 555 g/mol. The van der Waals surface area contributed by atoms with Gasteiger partial charge in [-0.2, -0.15) is 0 Å². The van der Waals surface area contributed by atoms with Crippen molar-refractivity contribution in [2.75, 3.05) is 23.9 Å². The van der Waals surface area contributed by atoms with Gasteiger partial charge < -0.3 is 10.6 Å². The maximum Gasteiger partial charge on any atom is 0.206 e. The van der Waals surface area contributed by atoms with E-state index in [0.717, 1.165) is 26.4 Å². The summed E-state index contributed by atoms with van der Waals surface area (Å²) in [4.78, 5) is 14.8.